The minimum atomic E-state index is -0.800. The molecule has 1 aromatic rings. The van der Waals surface area contributed by atoms with E-state index in [4.69, 9.17) is 5.73 Å². The summed E-state index contributed by atoms with van der Waals surface area (Å²) in [5, 5.41) is 9.79. The van der Waals surface area contributed by atoms with Crippen LogP contribution in [0.4, 0.5) is 4.39 Å². The van der Waals surface area contributed by atoms with Crippen molar-refractivity contribution >= 4 is 0 Å². The molecule has 14 heavy (non-hydrogen) atoms. The van der Waals surface area contributed by atoms with E-state index in [0.717, 1.165) is 0 Å². The molecule has 0 aliphatic rings. The summed E-state index contributed by atoms with van der Waals surface area (Å²) in [5.41, 5.74) is 6.30. The van der Waals surface area contributed by atoms with Gasteiger partial charge < -0.3 is 10.8 Å². The molecule has 0 saturated carbocycles. The number of aliphatic hydroxyl groups excluding tert-OH is 1. The van der Waals surface area contributed by atoms with E-state index >= 15 is 0 Å². The number of aliphatic hydroxyl groups is 1. The summed E-state index contributed by atoms with van der Waals surface area (Å²) in [4.78, 5) is 0. The van der Waals surface area contributed by atoms with Gasteiger partial charge in [-0.2, -0.15) is 0 Å². The van der Waals surface area contributed by atoms with Crippen molar-refractivity contribution < 1.29 is 9.50 Å². The molecule has 2 atom stereocenters. The van der Waals surface area contributed by atoms with Crippen molar-refractivity contribution in [3.8, 4) is 0 Å². The van der Waals surface area contributed by atoms with Gasteiger partial charge in [0.15, 0.2) is 0 Å². The molecule has 3 heteroatoms. The third-order valence-electron chi connectivity index (χ3n) is 2.32. The first kappa shape index (κ1) is 11.1. The molecule has 78 valence electrons. The molecule has 0 spiro atoms. The Labute approximate surface area is 83.6 Å². The second-order valence-corrected chi connectivity index (χ2v) is 3.82. The number of nitrogens with two attached hydrogens (primary N) is 1. The van der Waals surface area contributed by atoms with Crippen molar-refractivity contribution in [2.45, 2.75) is 26.0 Å². The van der Waals surface area contributed by atoms with E-state index in [0.29, 0.717) is 5.56 Å². The van der Waals surface area contributed by atoms with Gasteiger partial charge in [-0.1, -0.05) is 26.0 Å². The van der Waals surface area contributed by atoms with E-state index in [1.54, 1.807) is 12.1 Å². The van der Waals surface area contributed by atoms with E-state index < -0.39 is 6.10 Å². The van der Waals surface area contributed by atoms with Gasteiger partial charge >= 0.3 is 0 Å². The topological polar surface area (TPSA) is 46.2 Å². The minimum absolute atomic E-state index is 0.160. The molecule has 0 aromatic heterocycles. The lowest BCUT2D eigenvalue weighted by molar-refractivity contribution is 0.125. The fourth-order valence-electron chi connectivity index (χ4n) is 1.28. The van der Waals surface area contributed by atoms with Crippen molar-refractivity contribution in [2.24, 2.45) is 11.7 Å². The first-order valence-electron chi connectivity index (χ1n) is 4.71. The lowest BCUT2D eigenvalue weighted by atomic mass is 9.94. The molecule has 0 saturated heterocycles. The Hall–Kier alpha value is -0.930. The Morgan fingerprint density at radius 3 is 2.50 bits per heavy atom. The molecule has 0 radical (unpaired) electrons. The van der Waals surface area contributed by atoms with Gasteiger partial charge in [0.2, 0.25) is 0 Å². The van der Waals surface area contributed by atoms with E-state index in [-0.39, 0.29) is 17.8 Å². The van der Waals surface area contributed by atoms with Crippen LogP contribution in [0.1, 0.15) is 25.5 Å². The Morgan fingerprint density at radius 1 is 1.36 bits per heavy atom. The van der Waals surface area contributed by atoms with E-state index in [1.165, 1.54) is 12.1 Å². The zero-order valence-corrected chi connectivity index (χ0v) is 8.44. The number of rotatable bonds is 3. The SMILES string of the molecule is CC(C)[C@@H](N)[C@H](O)c1cccc(F)c1. The average Bonchev–Trinajstić information content (AvgIpc) is 2.15. The van der Waals surface area contributed by atoms with Crippen LogP contribution in [0.5, 0.6) is 0 Å². The number of hydrogen-bond acceptors (Lipinski definition) is 2. The van der Waals surface area contributed by atoms with E-state index in [1.807, 2.05) is 13.8 Å². The van der Waals surface area contributed by atoms with Gasteiger partial charge in [-0.15, -0.1) is 0 Å². The highest BCUT2D eigenvalue weighted by Gasteiger charge is 2.19. The van der Waals surface area contributed by atoms with Crippen LogP contribution in [-0.4, -0.2) is 11.1 Å². The molecule has 1 aromatic carbocycles. The molecule has 3 N–H and O–H groups in total. The molecule has 2 nitrogen and oxygen atoms in total. The quantitative estimate of drug-likeness (QED) is 0.776. The average molecular weight is 197 g/mol. The van der Waals surface area contributed by atoms with Gasteiger partial charge in [-0.3, -0.25) is 0 Å². The van der Waals surface area contributed by atoms with Crippen molar-refractivity contribution in [3.05, 3.63) is 35.6 Å². The van der Waals surface area contributed by atoms with Gasteiger partial charge in [0.1, 0.15) is 5.82 Å². The third-order valence-corrected chi connectivity index (χ3v) is 2.32. The van der Waals surface area contributed by atoms with Gasteiger partial charge in [-0.25, -0.2) is 4.39 Å². The predicted molar refractivity (Wildman–Crippen MR) is 54.2 cm³/mol. The fraction of sp³-hybridized carbons (Fsp3) is 0.455. The Kier molecular flexibility index (Phi) is 3.61. The molecule has 1 rings (SSSR count). The molecule has 0 amide bonds. The Balaban J connectivity index is 2.83. The highest BCUT2D eigenvalue weighted by Crippen LogP contribution is 2.20. The largest absolute Gasteiger partial charge is 0.387 e. The van der Waals surface area contributed by atoms with E-state index in [9.17, 15) is 9.50 Å². The van der Waals surface area contributed by atoms with Crippen molar-refractivity contribution in [1.29, 1.82) is 0 Å². The molecule has 0 aliphatic heterocycles. The smallest absolute Gasteiger partial charge is 0.123 e. The predicted octanol–water partition coefficient (Wildman–Crippen LogP) is 1.84. The summed E-state index contributed by atoms with van der Waals surface area (Å²) in [6, 6.07) is 5.54. The fourth-order valence-corrected chi connectivity index (χ4v) is 1.28. The molecule has 0 fully saturated rings. The van der Waals surface area contributed by atoms with Gasteiger partial charge in [0.05, 0.1) is 6.10 Å². The summed E-state index contributed by atoms with van der Waals surface area (Å²) in [7, 11) is 0. The standard InChI is InChI=1S/C11H16FNO/c1-7(2)10(13)11(14)8-4-3-5-9(12)6-8/h3-7,10-11,14H,13H2,1-2H3/t10-,11-/m1/s1. The molecular weight excluding hydrogens is 181 g/mol. The number of halogens is 1. The first-order chi connectivity index (χ1) is 6.52. The maximum atomic E-state index is 12.8. The van der Waals surface area contributed by atoms with Gasteiger partial charge in [0, 0.05) is 6.04 Å². The Bertz CT molecular complexity index is 301. The van der Waals surface area contributed by atoms with Gasteiger partial charge in [-0.05, 0) is 23.6 Å². The van der Waals surface area contributed by atoms with Crippen LogP contribution in [-0.2, 0) is 0 Å². The summed E-state index contributed by atoms with van der Waals surface area (Å²) in [5.74, 6) is -0.189. The Morgan fingerprint density at radius 2 is 2.00 bits per heavy atom. The zero-order valence-electron chi connectivity index (χ0n) is 8.44. The van der Waals surface area contributed by atoms with Crippen LogP contribution >= 0.6 is 0 Å². The van der Waals surface area contributed by atoms with Crippen LogP contribution in [0.15, 0.2) is 24.3 Å². The van der Waals surface area contributed by atoms with E-state index in [2.05, 4.69) is 0 Å². The van der Waals surface area contributed by atoms with Crippen molar-refractivity contribution in [3.63, 3.8) is 0 Å². The van der Waals surface area contributed by atoms with Crippen LogP contribution < -0.4 is 5.73 Å². The monoisotopic (exact) mass is 197 g/mol. The highest BCUT2D eigenvalue weighted by atomic mass is 19.1. The molecule has 0 unspecified atom stereocenters. The highest BCUT2D eigenvalue weighted by molar-refractivity contribution is 5.20. The van der Waals surface area contributed by atoms with Crippen LogP contribution in [0.2, 0.25) is 0 Å². The lowest BCUT2D eigenvalue weighted by Gasteiger charge is -2.22. The number of benzene rings is 1. The summed E-state index contributed by atoms with van der Waals surface area (Å²) >= 11 is 0. The van der Waals surface area contributed by atoms with Crippen molar-refractivity contribution in [1.82, 2.24) is 0 Å². The lowest BCUT2D eigenvalue weighted by Crippen LogP contribution is -2.33. The summed E-state index contributed by atoms with van der Waals surface area (Å²) in [6.45, 7) is 3.85. The maximum Gasteiger partial charge on any atom is 0.123 e. The van der Waals surface area contributed by atoms with Crippen LogP contribution in [0.25, 0.3) is 0 Å². The van der Waals surface area contributed by atoms with Crippen molar-refractivity contribution in [2.75, 3.05) is 0 Å². The molecule has 0 heterocycles. The molecular formula is C11H16FNO. The zero-order chi connectivity index (χ0) is 10.7. The second kappa shape index (κ2) is 4.53. The normalized spacial score (nSPS) is 15.6. The minimum Gasteiger partial charge on any atom is -0.387 e. The van der Waals surface area contributed by atoms with Crippen LogP contribution in [0, 0.1) is 11.7 Å². The maximum absolute atomic E-state index is 12.8. The molecule has 0 aliphatic carbocycles. The second-order valence-electron chi connectivity index (χ2n) is 3.82. The van der Waals surface area contributed by atoms with Crippen LogP contribution in [0.3, 0.4) is 0 Å². The number of hydrogen-bond donors (Lipinski definition) is 2. The summed E-state index contributed by atoms with van der Waals surface area (Å²) in [6.07, 6.45) is -0.800. The van der Waals surface area contributed by atoms with Gasteiger partial charge in [0.25, 0.3) is 0 Å². The summed E-state index contributed by atoms with van der Waals surface area (Å²) < 4.78 is 12.8. The molecule has 0 bridgehead atoms. The first-order valence-corrected chi connectivity index (χ1v) is 4.71. The third kappa shape index (κ3) is 2.53.